The van der Waals surface area contributed by atoms with Crippen LogP contribution in [0, 0.1) is 0 Å². The first-order valence-electron chi connectivity index (χ1n) is 7.40. The van der Waals surface area contributed by atoms with Crippen LogP contribution in [0.2, 0.25) is 0 Å². The van der Waals surface area contributed by atoms with Gasteiger partial charge >= 0.3 is 5.97 Å². The molecule has 0 amide bonds. The number of carbonyl (C=O) groups is 1. The highest BCUT2D eigenvalue weighted by atomic mass is 16.5. The summed E-state index contributed by atoms with van der Waals surface area (Å²) >= 11 is 0. The van der Waals surface area contributed by atoms with Crippen molar-refractivity contribution in [3.05, 3.63) is 23.8 Å². The Hall–Kier alpha value is -1.71. The lowest BCUT2D eigenvalue weighted by Gasteiger charge is -2.10. The molecule has 0 fully saturated rings. The van der Waals surface area contributed by atoms with Crippen LogP contribution in [0.3, 0.4) is 0 Å². The third-order valence-electron chi connectivity index (χ3n) is 3.32. The van der Waals surface area contributed by atoms with E-state index < -0.39 is 0 Å². The molecule has 4 nitrogen and oxygen atoms in total. The second-order valence-corrected chi connectivity index (χ2v) is 4.99. The summed E-state index contributed by atoms with van der Waals surface area (Å²) in [5, 5.41) is 3.29. The summed E-state index contributed by atoms with van der Waals surface area (Å²) in [6, 6.07) is 5.16. The van der Waals surface area contributed by atoms with Crippen molar-refractivity contribution in [3.63, 3.8) is 0 Å². The van der Waals surface area contributed by atoms with Crippen molar-refractivity contribution < 1.29 is 9.53 Å². The fourth-order valence-corrected chi connectivity index (χ4v) is 2.08. The van der Waals surface area contributed by atoms with Crippen LogP contribution in [-0.4, -0.2) is 19.6 Å². The topological polar surface area (TPSA) is 64.3 Å². The second-order valence-electron chi connectivity index (χ2n) is 4.99. The Balaban J connectivity index is 2.37. The first kappa shape index (κ1) is 16.3. The summed E-state index contributed by atoms with van der Waals surface area (Å²) in [6.07, 6.45) is 7.54. The van der Waals surface area contributed by atoms with E-state index in [0.29, 0.717) is 11.3 Å². The molecule has 0 saturated carbocycles. The van der Waals surface area contributed by atoms with Gasteiger partial charge in [0.25, 0.3) is 0 Å². The molecular formula is C16H26N2O2. The number of benzene rings is 1. The Kier molecular flexibility index (Phi) is 7.55. The number of anilines is 2. The molecule has 0 heterocycles. The van der Waals surface area contributed by atoms with Crippen molar-refractivity contribution in [2.24, 2.45) is 0 Å². The number of hydrogen-bond donors (Lipinski definition) is 2. The van der Waals surface area contributed by atoms with Crippen LogP contribution >= 0.6 is 0 Å². The van der Waals surface area contributed by atoms with Crippen molar-refractivity contribution in [3.8, 4) is 0 Å². The van der Waals surface area contributed by atoms with Gasteiger partial charge in [-0.25, -0.2) is 4.79 Å². The molecule has 4 heteroatoms. The van der Waals surface area contributed by atoms with Crippen LogP contribution in [0.1, 0.15) is 55.8 Å². The zero-order chi connectivity index (χ0) is 14.8. The predicted octanol–water partition coefficient (Wildman–Crippen LogP) is 3.83. The van der Waals surface area contributed by atoms with Crippen LogP contribution in [0.15, 0.2) is 18.2 Å². The smallest absolute Gasteiger partial charge is 0.337 e. The van der Waals surface area contributed by atoms with Gasteiger partial charge in [-0.3, -0.25) is 0 Å². The van der Waals surface area contributed by atoms with Crippen LogP contribution in [-0.2, 0) is 4.74 Å². The molecule has 1 aromatic carbocycles. The number of unbranched alkanes of at least 4 members (excludes halogenated alkanes) is 5. The minimum absolute atomic E-state index is 0.340. The second kappa shape index (κ2) is 9.23. The highest BCUT2D eigenvalue weighted by molar-refractivity contribution is 5.91. The van der Waals surface area contributed by atoms with Crippen LogP contribution < -0.4 is 11.1 Å². The highest BCUT2D eigenvalue weighted by Crippen LogP contribution is 2.20. The number of nitrogens with two attached hydrogens (primary N) is 1. The minimum atomic E-state index is -0.340. The first-order valence-corrected chi connectivity index (χ1v) is 7.40. The van der Waals surface area contributed by atoms with Gasteiger partial charge in [-0.1, -0.05) is 39.0 Å². The fourth-order valence-electron chi connectivity index (χ4n) is 2.08. The molecule has 112 valence electrons. The van der Waals surface area contributed by atoms with Crippen LogP contribution in [0.5, 0.6) is 0 Å². The Morgan fingerprint density at radius 2 is 1.90 bits per heavy atom. The van der Waals surface area contributed by atoms with Crippen LogP contribution in [0.25, 0.3) is 0 Å². The zero-order valence-corrected chi connectivity index (χ0v) is 12.6. The summed E-state index contributed by atoms with van der Waals surface area (Å²) < 4.78 is 4.70. The number of ether oxygens (including phenoxy) is 1. The Labute approximate surface area is 121 Å². The number of methoxy groups -OCH3 is 1. The van der Waals surface area contributed by atoms with Gasteiger partial charge in [0, 0.05) is 6.54 Å². The SMILES string of the molecule is CCCCCCCCNc1cc(C(=O)OC)ccc1N. The zero-order valence-electron chi connectivity index (χ0n) is 12.6. The molecule has 0 bridgehead atoms. The highest BCUT2D eigenvalue weighted by Gasteiger charge is 2.07. The molecular weight excluding hydrogens is 252 g/mol. The molecule has 0 aliphatic heterocycles. The Morgan fingerprint density at radius 1 is 1.20 bits per heavy atom. The lowest BCUT2D eigenvalue weighted by molar-refractivity contribution is 0.0601. The summed E-state index contributed by atoms with van der Waals surface area (Å²) in [5.41, 5.74) is 7.88. The van der Waals surface area contributed by atoms with Gasteiger partial charge < -0.3 is 15.8 Å². The molecule has 0 unspecified atom stereocenters. The average molecular weight is 278 g/mol. The molecule has 1 aromatic rings. The molecule has 0 aliphatic carbocycles. The van der Waals surface area contributed by atoms with E-state index in [2.05, 4.69) is 12.2 Å². The van der Waals surface area contributed by atoms with E-state index in [1.165, 1.54) is 39.2 Å². The summed E-state index contributed by atoms with van der Waals surface area (Å²) in [6.45, 7) is 3.10. The number of rotatable bonds is 9. The molecule has 0 spiro atoms. The van der Waals surface area contributed by atoms with Crippen molar-refractivity contribution in [2.75, 3.05) is 24.7 Å². The van der Waals surface area contributed by atoms with E-state index in [4.69, 9.17) is 10.5 Å². The molecule has 0 saturated heterocycles. The van der Waals surface area contributed by atoms with E-state index in [-0.39, 0.29) is 5.97 Å². The van der Waals surface area contributed by atoms with Gasteiger partial charge in [0.1, 0.15) is 0 Å². The summed E-state index contributed by atoms with van der Waals surface area (Å²) in [4.78, 5) is 11.5. The number of nitrogens with one attached hydrogen (secondary N) is 1. The molecule has 3 N–H and O–H groups in total. The fraction of sp³-hybridized carbons (Fsp3) is 0.562. The van der Waals surface area contributed by atoms with Gasteiger partial charge in [-0.05, 0) is 24.6 Å². The average Bonchev–Trinajstić information content (AvgIpc) is 2.47. The first-order chi connectivity index (χ1) is 9.69. The molecule has 0 atom stereocenters. The van der Waals surface area contributed by atoms with Crippen molar-refractivity contribution in [1.82, 2.24) is 0 Å². The van der Waals surface area contributed by atoms with E-state index in [1.807, 2.05) is 0 Å². The molecule has 20 heavy (non-hydrogen) atoms. The van der Waals surface area contributed by atoms with Crippen LogP contribution in [0.4, 0.5) is 11.4 Å². The van der Waals surface area contributed by atoms with Gasteiger partial charge in [0.15, 0.2) is 0 Å². The Morgan fingerprint density at radius 3 is 2.60 bits per heavy atom. The molecule has 0 radical (unpaired) electrons. The number of carbonyl (C=O) groups excluding carboxylic acids is 1. The van der Waals surface area contributed by atoms with E-state index >= 15 is 0 Å². The lowest BCUT2D eigenvalue weighted by Crippen LogP contribution is -2.07. The number of esters is 1. The minimum Gasteiger partial charge on any atom is -0.465 e. The predicted molar refractivity (Wildman–Crippen MR) is 84.1 cm³/mol. The molecule has 0 aliphatic rings. The van der Waals surface area contributed by atoms with E-state index in [0.717, 1.165) is 18.7 Å². The number of hydrogen-bond acceptors (Lipinski definition) is 4. The maximum absolute atomic E-state index is 11.5. The van der Waals surface area contributed by atoms with Crippen molar-refractivity contribution in [1.29, 1.82) is 0 Å². The van der Waals surface area contributed by atoms with E-state index in [9.17, 15) is 4.79 Å². The normalized spacial score (nSPS) is 10.3. The third kappa shape index (κ3) is 5.51. The van der Waals surface area contributed by atoms with E-state index in [1.54, 1.807) is 18.2 Å². The molecule has 1 rings (SSSR count). The van der Waals surface area contributed by atoms with Gasteiger partial charge in [0.05, 0.1) is 24.0 Å². The summed E-state index contributed by atoms with van der Waals surface area (Å²) in [5.74, 6) is -0.340. The molecule has 0 aromatic heterocycles. The number of nitrogen functional groups attached to an aromatic ring is 1. The standard InChI is InChI=1S/C16H26N2O2/c1-3-4-5-6-7-8-11-18-15-12-13(16(19)20-2)9-10-14(15)17/h9-10,12,18H,3-8,11,17H2,1-2H3. The monoisotopic (exact) mass is 278 g/mol. The third-order valence-corrected chi connectivity index (χ3v) is 3.32. The summed E-state index contributed by atoms with van der Waals surface area (Å²) in [7, 11) is 1.38. The lowest BCUT2D eigenvalue weighted by atomic mass is 10.1. The van der Waals surface area contributed by atoms with Crippen molar-refractivity contribution in [2.45, 2.75) is 45.4 Å². The Bertz CT molecular complexity index is 419. The quantitative estimate of drug-likeness (QED) is 0.409. The largest absolute Gasteiger partial charge is 0.465 e. The van der Waals surface area contributed by atoms with Gasteiger partial charge in [-0.2, -0.15) is 0 Å². The maximum Gasteiger partial charge on any atom is 0.337 e. The van der Waals surface area contributed by atoms with Crippen molar-refractivity contribution >= 4 is 17.3 Å². The van der Waals surface area contributed by atoms with Gasteiger partial charge in [-0.15, -0.1) is 0 Å². The van der Waals surface area contributed by atoms with Gasteiger partial charge in [0.2, 0.25) is 0 Å². The maximum atomic E-state index is 11.5.